The normalized spacial score (nSPS) is 24.4. The maximum absolute atomic E-state index is 9.43. The van der Waals surface area contributed by atoms with Gasteiger partial charge in [-0.2, -0.15) is 4.98 Å². The molecule has 0 aliphatic carbocycles. The smallest absolute Gasteiger partial charge is 0.244 e. The van der Waals surface area contributed by atoms with Gasteiger partial charge >= 0.3 is 0 Å². The fourth-order valence-electron chi connectivity index (χ4n) is 2.01. The third kappa shape index (κ3) is 1.85. The lowest BCUT2D eigenvalue weighted by Gasteiger charge is -2.01. The molecule has 0 radical (unpaired) electrons. The van der Waals surface area contributed by atoms with Crippen LogP contribution >= 0.6 is 0 Å². The summed E-state index contributed by atoms with van der Waals surface area (Å²) in [6, 6.07) is 1.75. The molecule has 3 rings (SSSR count). The van der Waals surface area contributed by atoms with Crippen LogP contribution in [-0.4, -0.2) is 27.9 Å². The third-order valence-corrected chi connectivity index (χ3v) is 2.95. The van der Waals surface area contributed by atoms with Gasteiger partial charge in [0, 0.05) is 6.54 Å². The van der Waals surface area contributed by atoms with E-state index >= 15 is 0 Å². The molecule has 0 spiro atoms. The highest BCUT2D eigenvalue weighted by Crippen LogP contribution is 2.26. The molecule has 6 nitrogen and oxygen atoms in total. The molecule has 0 amide bonds. The predicted molar refractivity (Wildman–Crippen MR) is 58.1 cm³/mol. The van der Waals surface area contributed by atoms with Crippen LogP contribution in [0.1, 0.15) is 24.1 Å². The maximum atomic E-state index is 9.43. The molecule has 0 saturated carbocycles. The van der Waals surface area contributed by atoms with Crippen LogP contribution in [0, 0.1) is 6.92 Å². The number of aliphatic hydroxyl groups is 1. The van der Waals surface area contributed by atoms with Gasteiger partial charge in [0.2, 0.25) is 11.7 Å². The first-order chi connectivity index (χ1) is 8.24. The van der Waals surface area contributed by atoms with Gasteiger partial charge < -0.3 is 19.4 Å². The second-order valence-corrected chi connectivity index (χ2v) is 4.20. The summed E-state index contributed by atoms with van der Waals surface area (Å²) in [6.07, 6.45) is 1.86. The van der Waals surface area contributed by atoms with Crippen LogP contribution in [0.3, 0.4) is 0 Å². The molecule has 1 aliphatic heterocycles. The summed E-state index contributed by atoms with van der Waals surface area (Å²) in [5.74, 6) is 1.79. The first-order valence-corrected chi connectivity index (χ1v) is 5.53. The molecule has 0 unspecified atom stereocenters. The van der Waals surface area contributed by atoms with Crippen LogP contribution < -0.4 is 5.32 Å². The number of aromatic nitrogens is 2. The van der Waals surface area contributed by atoms with Gasteiger partial charge in [-0.25, -0.2) is 0 Å². The SMILES string of the molecule is Cc1occc1-c1noc([C@H]2C[C@H](O)CN2)n1. The van der Waals surface area contributed by atoms with Crippen molar-refractivity contribution >= 4 is 0 Å². The van der Waals surface area contributed by atoms with Gasteiger partial charge in [-0.1, -0.05) is 5.16 Å². The molecule has 2 N–H and O–H groups in total. The van der Waals surface area contributed by atoms with Crippen molar-refractivity contribution in [2.75, 3.05) is 6.54 Å². The van der Waals surface area contributed by atoms with Gasteiger partial charge in [0.1, 0.15) is 5.76 Å². The molecule has 1 fully saturated rings. The molecular weight excluding hydrogens is 222 g/mol. The Bertz CT molecular complexity index is 520. The third-order valence-electron chi connectivity index (χ3n) is 2.95. The molecule has 2 aromatic rings. The average Bonchev–Trinajstić information content (AvgIpc) is 2.97. The topological polar surface area (TPSA) is 84.3 Å². The van der Waals surface area contributed by atoms with Gasteiger partial charge in [0.15, 0.2) is 0 Å². The molecule has 1 aliphatic rings. The number of furan rings is 1. The first-order valence-electron chi connectivity index (χ1n) is 5.53. The Hall–Kier alpha value is -1.66. The summed E-state index contributed by atoms with van der Waals surface area (Å²) in [5.41, 5.74) is 0.832. The van der Waals surface area contributed by atoms with Crippen LogP contribution in [-0.2, 0) is 0 Å². The molecule has 6 heteroatoms. The minimum absolute atomic E-state index is 0.0570. The lowest BCUT2D eigenvalue weighted by Crippen LogP contribution is -2.15. The summed E-state index contributed by atoms with van der Waals surface area (Å²) < 4.78 is 10.4. The van der Waals surface area contributed by atoms with E-state index in [0.29, 0.717) is 24.7 Å². The van der Waals surface area contributed by atoms with E-state index in [0.717, 1.165) is 11.3 Å². The van der Waals surface area contributed by atoms with E-state index in [1.54, 1.807) is 12.3 Å². The van der Waals surface area contributed by atoms with Crippen LogP contribution in [0.15, 0.2) is 21.3 Å². The van der Waals surface area contributed by atoms with Crippen LogP contribution in [0.5, 0.6) is 0 Å². The minimum Gasteiger partial charge on any atom is -0.469 e. The fourth-order valence-corrected chi connectivity index (χ4v) is 2.01. The Morgan fingerprint density at radius 3 is 3.06 bits per heavy atom. The molecule has 1 saturated heterocycles. The van der Waals surface area contributed by atoms with Crippen molar-refractivity contribution in [3.8, 4) is 11.4 Å². The number of aliphatic hydroxyl groups excluding tert-OH is 1. The largest absolute Gasteiger partial charge is 0.469 e. The molecule has 0 bridgehead atoms. The van der Waals surface area contributed by atoms with Crippen molar-refractivity contribution < 1.29 is 14.0 Å². The summed E-state index contributed by atoms with van der Waals surface area (Å²) in [6.45, 7) is 2.41. The summed E-state index contributed by atoms with van der Waals surface area (Å²) in [4.78, 5) is 4.32. The lowest BCUT2D eigenvalue weighted by molar-refractivity contribution is 0.191. The summed E-state index contributed by atoms with van der Waals surface area (Å²) >= 11 is 0. The molecule has 2 aromatic heterocycles. The van der Waals surface area contributed by atoms with E-state index in [1.165, 1.54) is 0 Å². The van der Waals surface area contributed by atoms with Crippen LogP contribution in [0.4, 0.5) is 0 Å². The molecule has 90 valence electrons. The number of nitrogens with one attached hydrogen (secondary N) is 1. The average molecular weight is 235 g/mol. The standard InChI is InChI=1S/C11H13N3O3/c1-6-8(2-3-16-6)10-13-11(17-14-10)9-4-7(15)5-12-9/h2-3,7,9,12,15H,4-5H2,1H3/t7-,9+/m0/s1. The second-order valence-electron chi connectivity index (χ2n) is 4.20. The lowest BCUT2D eigenvalue weighted by atomic mass is 10.2. The molecule has 17 heavy (non-hydrogen) atoms. The van der Waals surface area contributed by atoms with Gasteiger partial charge in [-0.15, -0.1) is 0 Å². The summed E-state index contributed by atoms with van der Waals surface area (Å²) in [7, 11) is 0. The molecular formula is C11H13N3O3. The Balaban J connectivity index is 1.86. The number of β-amino-alcohol motifs (C(OH)–C–C–N with tert-alkyl or cyclic N) is 1. The Labute approximate surface area is 97.6 Å². The van der Waals surface area contributed by atoms with Gasteiger partial charge in [-0.05, 0) is 19.4 Å². The van der Waals surface area contributed by atoms with Gasteiger partial charge in [0.25, 0.3) is 0 Å². The van der Waals surface area contributed by atoms with Crippen molar-refractivity contribution in [3.63, 3.8) is 0 Å². The van der Waals surface area contributed by atoms with Crippen molar-refractivity contribution in [2.24, 2.45) is 0 Å². The Morgan fingerprint density at radius 2 is 2.41 bits per heavy atom. The highest BCUT2D eigenvalue weighted by Gasteiger charge is 2.28. The van der Waals surface area contributed by atoms with E-state index < -0.39 is 0 Å². The number of hydrogen-bond acceptors (Lipinski definition) is 6. The van der Waals surface area contributed by atoms with Crippen molar-refractivity contribution in [1.29, 1.82) is 0 Å². The van der Waals surface area contributed by atoms with Gasteiger partial charge in [-0.3, -0.25) is 0 Å². The highest BCUT2D eigenvalue weighted by molar-refractivity contribution is 5.56. The molecule has 2 atom stereocenters. The van der Waals surface area contributed by atoms with E-state index in [1.807, 2.05) is 6.92 Å². The highest BCUT2D eigenvalue weighted by atomic mass is 16.5. The molecule has 0 aromatic carbocycles. The predicted octanol–water partition coefficient (Wildman–Crippen LogP) is 1.03. The zero-order chi connectivity index (χ0) is 11.8. The quantitative estimate of drug-likeness (QED) is 0.808. The zero-order valence-corrected chi connectivity index (χ0v) is 9.38. The minimum atomic E-state index is -0.342. The maximum Gasteiger partial charge on any atom is 0.244 e. The first kappa shape index (κ1) is 10.5. The number of rotatable bonds is 2. The van der Waals surface area contributed by atoms with E-state index in [-0.39, 0.29) is 12.1 Å². The number of nitrogens with zero attached hydrogens (tertiary/aromatic N) is 2. The van der Waals surface area contributed by atoms with E-state index in [2.05, 4.69) is 15.5 Å². The number of hydrogen-bond donors (Lipinski definition) is 2. The monoisotopic (exact) mass is 235 g/mol. The fraction of sp³-hybridized carbons (Fsp3) is 0.455. The van der Waals surface area contributed by atoms with Crippen molar-refractivity contribution in [1.82, 2.24) is 15.5 Å². The Kier molecular flexibility index (Phi) is 2.45. The van der Waals surface area contributed by atoms with E-state index in [9.17, 15) is 5.11 Å². The molecule has 3 heterocycles. The van der Waals surface area contributed by atoms with Crippen LogP contribution in [0.25, 0.3) is 11.4 Å². The second kappa shape index (κ2) is 3.97. The Morgan fingerprint density at radius 1 is 1.53 bits per heavy atom. The van der Waals surface area contributed by atoms with Gasteiger partial charge in [0.05, 0.1) is 24.0 Å². The number of aryl methyl sites for hydroxylation is 1. The van der Waals surface area contributed by atoms with E-state index in [4.69, 9.17) is 8.94 Å². The van der Waals surface area contributed by atoms with Crippen molar-refractivity contribution in [3.05, 3.63) is 24.0 Å². The van der Waals surface area contributed by atoms with Crippen molar-refractivity contribution in [2.45, 2.75) is 25.5 Å². The summed E-state index contributed by atoms with van der Waals surface area (Å²) in [5, 5.41) is 16.5. The zero-order valence-electron chi connectivity index (χ0n) is 9.38. The van der Waals surface area contributed by atoms with Crippen LogP contribution in [0.2, 0.25) is 0 Å².